The lowest BCUT2D eigenvalue weighted by Gasteiger charge is -2.14. The van der Waals surface area contributed by atoms with Crippen LogP contribution in [0.25, 0.3) is 11.3 Å². The fraction of sp³-hybridized carbons (Fsp3) is 0.550. The Morgan fingerprint density at radius 1 is 1.08 bits per heavy atom. The van der Waals surface area contributed by atoms with Gasteiger partial charge in [0.05, 0.1) is 22.7 Å². The number of halogens is 2. The smallest absolute Gasteiger partial charge is 0.0956 e. The van der Waals surface area contributed by atoms with Crippen molar-refractivity contribution in [3.63, 3.8) is 0 Å². The summed E-state index contributed by atoms with van der Waals surface area (Å²) in [5.41, 5.74) is 9.01. The Hall–Kier alpha value is -1.03. The molecule has 0 radical (unpaired) electrons. The number of nitrogens with two attached hydrogens (primary N) is 1. The normalized spacial score (nSPS) is 12.8. The Morgan fingerprint density at radius 3 is 2.44 bits per heavy atom. The first-order chi connectivity index (χ1) is 11.9. The molecule has 1 aromatic heterocycles. The SMILES string of the molecule is CC(C)CCCCCCn1cnc(-c2ccc(Cl)cc2Cl)c1C(C)N. The van der Waals surface area contributed by atoms with E-state index in [-0.39, 0.29) is 6.04 Å². The second-order valence-electron chi connectivity index (χ2n) is 7.18. The molecule has 2 N–H and O–H groups in total. The van der Waals surface area contributed by atoms with Crippen molar-refractivity contribution in [2.24, 2.45) is 11.7 Å². The zero-order chi connectivity index (χ0) is 18.4. The number of aromatic nitrogens is 2. The van der Waals surface area contributed by atoms with Crippen LogP contribution in [0, 0.1) is 5.92 Å². The van der Waals surface area contributed by atoms with Crippen LogP contribution in [0.15, 0.2) is 24.5 Å². The Bertz CT molecular complexity index is 678. The third kappa shape index (κ3) is 5.73. The first kappa shape index (κ1) is 20.3. The highest BCUT2D eigenvalue weighted by molar-refractivity contribution is 6.36. The van der Waals surface area contributed by atoms with Gasteiger partial charge in [-0.2, -0.15) is 0 Å². The van der Waals surface area contributed by atoms with Gasteiger partial charge >= 0.3 is 0 Å². The van der Waals surface area contributed by atoms with Crippen LogP contribution in [-0.2, 0) is 6.54 Å². The molecule has 138 valence electrons. The van der Waals surface area contributed by atoms with Gasteiger partial charge in [0.15, 0.2) is 0 Å². The molecule has 1 atom stereocenters. The van der Waals surface area contributed by atoms with Crippen LogP contribution in [0.2, 0.25) is 10.0 Å². The predicted octanol–water partition coefficient (Wildman–Crippen LogP) is 6.48. The van der Waals surface area contributed by atoms with Gasteiger partial charge in [0.25, 0.3) is 0 Å². The molecular weight excluding hydrogens is 353 g/mol. The summed E-state index contributed by atoms with van der Waals surface area (Å²) in [5, 5.41) is 1.23. The van der Waals surface area contributed by atoms with Crippen LogP contribution in [0.3, 0.4) is 0 Å². The fourth-order valence-corrected chi connectivity index (χ4v) is 3.62. The van der Waals surface area contributed by atoms with Gasteiger partial charge in [-0.1, -0.05) is 62.7 Å². The van der Waals surface area contributed by atoms with E-state index in [9.17, 15) is 0 Å². The molecule has 0 spiro atoms. The fourth-order valence-electron chi connectivity index (χ4n) is 3.12. The molecule has 0 saturated heterocycles. The molecule has 3 nitrogen and oxygen atoms in total. The van der Waals surface area contributed by atoms with Crippen LogP contribution in [-0.4, -0.2) is 9.55 Å². The Morgan fingerprint density at radius 2 is 1.80 bits per heavy atom. The van der Waals surface area contributed by atoms with E-state index in [0.717, 1.165) is 35.8 Å². The van der Waals surface area contributed by atoms with Gasteiger partial charge < -0.3 is 10.3 Å². The van der Waals surface area contributed by atoms with E-state index >= 15 is 0 Å². The van der Waals surface area contributed by atoms with Gasteiger partial charge in [-0.25, -0.2) is 4.98 Å². The van der Waals surface area contributed by atoms with Gasteiger partial charge in [-0.05, 0) is 37.5 Å². The van der Waals surface area contributed by atoms with Crippen LogP contribution in [0.4, 0.5) is 0 Å². The maximum absolute atomic E-state index is 6.36. The minimum Gasteiger partial charge on any atom is -0.333 e. The topological polar surface area (TPSA) is 43.8 Å². The highest BCUT2D eigenvalue weighted by atomic mass is 35.5. The molecule has 1 aromatic carbocycles. The number of aryl methyl sites for hydroxylation is 1. The van der Waals surface area contributed by atoms with Crippen molar-refractivity contribution >= 4 is 23.2 Å². The van der Waals surface area contributed by atoms with Gasteiger partial charge in [-0.15, -0.1) is 0 Å². The highest BCUT2D eigenvalue weighted by Gasteiger charge is 2.18. The lowest BCUT2D eigenvalue weighted by atomic mass is 10.0. The summed E-state index contributed by atoms with van der Waals surface area (Å²) in [6.07, 6.45) is 8.17. The minimum atomic E-state index is -0.106. The Balaban J connectivity index is 2.06. The van der Waals surface area contributed by atoms with Crippen molar-refractivity contribution in [1.29, 1.82) is 0 Å². The molecule has 5 heteroatoms. The van der Waals surface area contributed by atoms with Gasteiger partial charge in [-0.3, -0.25) is 0 Å². The van der Waals surface area contributed by atoms with E-state index in [1.807, 2.05) is 25.4 Å². The molecule has 1 heterocycles. The number of hydrogen-bond donors (Lipinski definition) is 1. The zero-order valence-corrected chi connectivity index (χ0v) is 16.9. The Labute approximate surface area is 161 Å². The molecule has 0 fully saturated rings. The molecule has 2 aromatic rings. The van der Waals surface area contributed by atoms with Crippen molar-refractivity contribution in [3.8, 4) is 11.3 Å². The van der Waals surface area contributed by atoms with E-state index in [4.69, 9.17) is 28.9 Å². The molecule has 0 aliphatic rings. The molecule has 0 aliphatic heterocycles. The molecule has 25 heavy (non-hydrogen) atoms. The van der Waals surface area contributed by atoms with Crippen molar-refractivity contribution in [3.05, 3.63) is 40.3 Å². The maximum atomic E-state index is 6.36. The summed E-state index contributed by atoms with van der Waals surface area (Å²) in [6.45, 7) is 7.49. The largest absolute Gasteiger partial charge is 0.333 e. The third-order valence-electron chi connectivity index (χ3n) is 4.43. The second kappa shape index (κ2) is 9.61. The van der Waals surface area contributed by atoms with E-state index < -0.39 is 0 Å². The first-order valence-corrected chi connectivity index (χ1v) is 9.91. The average Bonchev–Trinajstić information content (AvgIpc) is 2.94. The number of nitrogens with zero attached hydrogens (tertiary/aromatic N) is 2. The average molecular weight is 382 g/mol. The van der Waals surface area contributed by atoms with Crippen molar-refractivity contribution < 1.29 is 0 Å². The minimum absolute atomic E-state index is 0.106. The molecule has 2 rings (SSSR count). The molecular formula is C20H29Cl2N3. The predicted molar refractivity (Wildman–Crippen MR) is 108 cm³/mol. The molecule has 1 unspecified atom stereocenters. The third-order valence-corrected chi connectivity index (χ3v) is 4.97. The van der Waals surface area contributed by atoms with E-state index in [1.165, 1.54) is 25.7 Å². The summed E-state index contributed by atoms with van der Waals surface area (Å²) in [7, 11) is 0. The van der Waals surface area contributed by atoms with Crippen LogP contribution >= 0.6 is 23.2 Å². The zero-order valence-electron chi connectivity index (χ0n) is 15.4. The molecule has 0 bridgehead atoms. The second-order valence-corrected chi connectivity index (χ2v) is 8.03. The van der Waals surface area contributed by atoms with E-state index in [0.29, 0.717) is 10.0 Å². The molecule has 0 amide bonds. The number of unbranched alkanes of at least 4 members (excludes halogenated alkanes) is 3. The molecule has 0 saturated carbocycles. The van der Waals surface area contributed by atoms with Crippen LogP contribution < -0.4 is 5.73 Å². The number of hydrogen-bond acceptors (Lipinski definition) is 2. The maximum Gasteiger partial charge on any atom is 0.0956 e. The van der Waals surface area contributed by atoms with Gasteiger partial charge in [0, 0.05) is 23.2 Å². The summed E-state index contributed by atoms with van der Waals surface area (Å²) in [4.78, 5) is 4.59. The van der Waals surface area contributed by atoms with Crippen LogP contribution in [0.5, 0.6) is 0 Å². The summed E-state index contributed by atoms with van der Waals surface area (Å²) >= 11 is 12.4. The summed E-state index contributed by atoms with van der Waals surface area (Å²) in [5.74, 6) is 0.796. The first-order valence-electron chi connectivity index (χ1n) is 9.16. The monoisotopic (exact) mass is 381 g/mol. The van der Waals surface area contributed by atoms with Crippen molar-refractivity contribution in [2.75, 3.05) is 0 Å². The lowest BCUT2D eigenvalue weighted by molar-refractivity contribution is 0.500. The molecule has 0 aliphatic carbocycles. The van der Waals surface area contributed by atoms with Gasteiger partial charge in [0.2, 0.25) is 0 Å². The number of rotatable bonds is 9. The van der Waals surface area contributed by atoms with E-state index in [2.05, 4.69) is 23.4 Å². The lowest BCUT2D eigenvalue weighted by Crippen LogP contribution is -2.13. The summed E-state index contributed by atoms with van der Waals surface area (Å²) < 4.78 is 2.17. The summed E-state index contributed by atoms with van der Waals surface area (Å²) in [6, 6.07) is 5.39. The van der Waals surface area contributed by atoms with Crippen molar-refractivity contribution in [2.45, 2.75) is 65.5 Å². The standard InChI is InChI=1S/C20H29Cl2N3/c1-14(2)8-6-4-5-7-11-25-13-24-19(20(25)15(3)23)17-10-9-16(21)12-18(17)22/h9-10,12-15H,4-8,11,23H2,1-3H3. The van der Waals surface area contributed by atoms with Crippen molar-refractivity contribution in [1.82, 2.24) is 9.55 Å². The highest BCUT2D eigenvalue weighted by Crippen LogP contribution is 2.33. The quantitative estimate of drug-likeness (QED) is 0.504. The number of imidazole rings is 1. The van der Waals surface area contributed by atoms with Crippen LogP contribution in [0.1, 0.15) is 64.6 Å². The van der Waals surface area contributed by atoms with Gasteiger partial charge in [0.1, 0.15) is 0 Å². The van der Waals surface area contributed by atoms with E-state index in [1.54, 1.807) is 6.07 Å². The Kier molecular flexibility index (Phi) is 7.80. The number of benzene rings is 1.